The summed E-state index contributed by atoms with van der Waals surface area (Å²) in [7, 11) is 0. The van der Waals surface area contributed by atoms with Gasteiger partial charge in [-0.1, -0.05) is 47.5 Å². The van der Waals surface area contributed by atoms with Gasteiger partial charge in [-0.15, -0.1) is 11.8 Å². The average Bonchev–Trinajstić information content (AvgIpc) is 2.39. The molecule has 2 N–H and O–H groups in total. The fourth-order valence-electron chi connectivity index (χ4n) is 1.77. The fraction of sp³-hybridized carbons (Fsp3) is 0.200. The molecule has 1 nitrogen and oxygen atoms in total. The van der Waals surface area contributed by atoms with E-state index in [4.69, 9.17) is 28.9 Å². The van der Waals surface area contributed by atoms with Gasteiger partial charge in [0.2, 0.25) is 0 Å². The lowest BCUT2D eigenvalue weighted by Gasteiger charge is -2.12. The van der Waals surface area contributed by atoms with Gasteiger partial charge >= 0.3 is 0 Å². The van der Waals surface area contributed by atoms with Gasteiger partial charge in [-0.2, -0.15) is 0 Å². The van der Waals surface area contributed by atoms with E-state index in [0.717, 1.165) is 32.7 Å². The highest BCUT2D eigenvalue weighted by atomic mass is 35.5. The van der Waals surface area contributed by atoms with E-state index in [-0.39, 0.29) is 6.04 Å². The molecule has 0 saturated heterocycles. The number of halogens is 2. The molecule has 0 bridgehead atoms. The van der Waals surface area contributed by atoms with Gasteiger partial charge in [0, 0.05) is 26.7 Å². The molecule has 0 saturated carbocycles. The minimum absolute atomic E-state index is 0.0730. The third-order valence-corrected chi connectivity index (χ3v) is 4.49. The van der Waals surface area contributed by atoms with Gasteiger partial charge in [0.15, 0.2) is 0 Å². The van der Waals surface area contributed by atoms with Crippen LogP contribution in [0.3, 0.4) is 0 Å². The molecule has 100 valence electrons. The predicted molar refractivity (Wildman–Crippen MR) is 85.3 cm³/mol. The Morgan fingerprint density at radius 1 is 1.05 bits per heavy atom. The van der Waals surface area contributed by atoms with Crippen molar-refractivity contribution in [2.24, 2.45) is 5.73 Å². The Bertz CT molecular complexity index is 545. The number of benzene rings is 2. The second-order valence-electron chi connectivity index (χ2n) is 4.32. The third-order valence-electron chi connectivity index (χ3n) is 2.70. The quantitative estimate of drug-likeness (QED) is 0.813. The van der Waals surface area contributed by atoms with Crippen LogP contribution in [0.2, 0.25) is 10.0 Å². The third kappa shape index (κ3) is 4.73. The van der Waals surface area contributed by atoms with Crippen LogP contribution in [0.1, 0.15) is 5.56 Å². The number of thioether (sulfide) groups is 1. The van der Waals surface area contributed by atoms with Crippen LogP contribution in [0.5, 0.6) is 0 Å². The largest absolute Gasteiger partial charge is 0.327 e. The van der Waals surface area contributed by atoms with Gasteiger partial charge in [-0.3, -0.25) is 0 Å². The molecule has 0 aliphatic rings. The molecule has 2 aromatic carbocycles. The molecular formula is C15H15Cl2NS. The SMILES string of the molecule is NC(CSc1cccc(Cl)c1)Cc1ccccc1Cl. The van der Waals surface area contributed by atoms with Gasteiger partial charge < -0.3 is 5.73 Å². The Labute approximate surface area is 128 Å². The van der Waals surface area contributed by atoms with E-state index in [1.807, 2.05) is 48.5 Å². The topological polar surface area (TPSA) is 26.0 Å². The van der Waals surface area contributed by atoms with Crippen molar-refractivity contribution >= 4 is 35.0 Å². The van der Waals surface area contributed by atoms with Crippen molar-refractivity contribution in [2.45, 2.75) is 17.4 Å². The molecule has 0 amide bonds. The molecular weight excluding hydrogens is 297 g/mol. The standard InChI is InChI=1S/C15H15Cl2NS/c16-12-5-3-6-14(9-12)19-10-13(18)8-11-4-1-2-7-15(11)17/h1-7,9,13H,8,10,18H2. The molecule has 2 rings (SSSR count). The molecule has 0 fully saturated rings. The van der Waals surface area contributed by atoms with E-state index >= 15 is 0 Å². The second kappa shape index (κ2) is 7.20. The van der Waals surface area contributed by atoms with Crippen molar-refractivity contribution in [2.75, 3.05) is 5.75 Å². The average molecular weight is 312 g/mol. The first-order chi connectivity index (χ1) is 9.15. The lowest BCUT2D eigenvalue weighted by molar-refractivity contribution is 0.749. The second-order valence-corrected chi connectivity index (χ2v) is 6.26. The number of rotatable bonds is 5. The van der Waals surface area contributed by atoms with Crippen molar-refractivity contribution in [3.05, 3.63) is 64.1 Å². The summed E-state index contributed by atoms with van der Waals surface area (Å²) in [6, 6.07) is 15.7. The van der Waals surface area contributed by atoms with Crippen molar-refractivity contribution in [1.82, 2.24) is 0 Å². The van der Waals surface area contributed by atoms with Gasteiger partial charge in [0.1, 0.15) is 0 Å². The molecule has 0 aliphatic carbocycles. The van der Waals surface area contributed by atoms with Crippen molar-refractivity contribution in [1.29, 1.82) is 0 Å². The normalized spacial score (nSPS) is 12.4. The molecule has 1 atom stereocenters. The van der Waals surface area contributed by atoms with Crippen LogP contribution in [0.25, 0.3) is 0 Å². The Hall–Kier alpha value is -0.670. The maximum Gasteiger partial charge on any atom is 0.0438 e. The van der Waals surface area contributed by atoms with Crippen molar-refractivity contribution < 1.29 is 0 Å². The lowest BCUT2D eigenvalue weighted by atomic mass is 10.1. The van der Waals surface area contributed by atoms with E-state index in [2.05, 4.69) is 0 Å². The zero-order valence-corrected chi connectivity index (χ0v) is 12.7. The maximum atomic E-state index is 6.15. The van der Waals surface area contributed by atoms with E-state index in [0.29, 0.717) is 0 Å². The molecule has 2 aromatic rings. The zero-order chi connectivity index (χ0) is 13.7. The van der Waals surface area contributed by atoms with Crippen LogP contribution >= 0.6 is 35.0 Å². The van der Waals surface area contributed by atoms with Gasteiger partial charge in [-0.25, -0.2) is 0 Å². The fourth-order valence-corrected chi connectivity index (χ4v) is 3.14. The number of hydrogen-bond donors (Lipinski definition) is 1. The Balaban J connectivity index is 1.88. The number of hydrogen-bond acceptors (Lipinski definition) is 2. The predicted octanol–water partition coefficient (Wildman–Crippen LogP) is 4.66. The van der Waals surface area contributed by atoms with E-state index in [9.17, 15) is 0 Å². The first-order valence-electron chi connectivity index (χ1n) is 6.02. The highest BCUT2D eigenvalue weighted by Gasteiger charge is 2.07. The van der Waals surface area contributed by atoms with Gasteiger partial charge in [0.05, 0.1) is 0 Å². The maximum absolute atomic E-state index is 6.15. The van der Waals surface area contributed by atoms with E-state index in [1.54, 1.807) is 11.8 Å². The summed E-state index contributed by atoms with van der Waals surface area (Å²) in [5.74, 6) is 0.839. The minimum atomic E-state index is 0.0730. The minimum Gasteiger partial charge on any atom is -0.327 e. The molecule has 19 heavy (non-hydrogen) atoms. The Morgan fingerprint density at radius 3 is 2.58 bits per heavy atom. The summed E-state index contributed by atoms with van der Waals surface area (Å²) >= 11 is 13.8. The molecule has 0 aromatic heterocycles. The molecule has 0 heterocycles. The summed E-state index contributed by atoms with van der Waals surface area (Å²) in [5.41, 5.74) is 7.25. The van der Waals surface area contributed by atoms with Crippen LogP contribution in [-0.4, -0.2) is 11.8 Å². The molecule has 0 radical (unpaired) electrons. The van der Waals surface area contributed by atoms with Crippen LogP contribution in [0, 0.1) is 0 Å². The van der Waals surface area contributed by atoms with Crippen LogP contribution < -0.4 is 5.73 Å². The first-order valence-corrected chi connectivity index (χ1v) is 7.76. The molecule has 4 heteroatoms. The summed E-state index contributed by atoms with van der Waals surface area (Å²) in [5, 5.41) is 1.54. The van der Waals surface area contributed by atoms with Gasteiger partial charge in [-0.05, 0) is 36.2 Å². The van der Waals surface area contributed by atoms with E-state index < -0.39 is 0 Å². The van der Waals surface area contributed by atoms with Crippen molar-refractivity contribution in [3.63, 3.8) is 0 Å². The summed E-state index contributed by atoms with van der Waals surface area (Å²) < 4.78 is 0. The highest BCUT2D eigenvalue weighted by Crippen LogP contribution is 2.23. The van der Waals surface area contributed by atoms with Gasteiger partial charge in [0.25, 0.3) is 0 Å². The summed E-state index contributed by atoms with van der Waals surface area (Å²) in [6.07, 6.45) is 0.785. The molecule has 0 aliphatic heterocycles. The van der Waals surface area contributed by atoms with Crippen LogP contribution in [-0.2, 0) is 6.42 Å². The number of nitrogens with two attached hydrogens (primary N) is 1. The Morgan fingerprint density at radius 2 is 1.84 bits per heavy atom. The van der Waals surface area contributed by atoms with Crippen molar-refractivity contribution in [3.8, 4) is 0 Å². The zero-order valence-electron chi connectivity index (χ0n) is 10.4. The summed E-state index contributed by atoms with van der Waals surface area (Å²) in [4.78, 5) is 1.14. The van der Waals surface area contributed by atoms with Crippen LogP contribution in [0.15, 0.2) is 53.4 Å². The smallest absolute Gasteiger partial charge is 0.0438 e. The van der Waals surface area contributed by atoms with Crippen LogP contribution in [0.4, 0.5) is 0 Å². The van der Waals surface area contributed by atoms with E-state index in [1.165, 1.54) is 0 Å². The molecule has 1 unspecified atom stereocenters. The lowest BCUT2D eigenvalue weighted by Crippen LogP contribution is -2.25. The monoisotopic (exact) mass is 311 g/mol. The summed E-state index contributed by atoms with van der Waals surface area (Å²) in [6.45, 7) is 0. The first kappa shape index (κ1) is 14.7. The highest BCUT2D eigenvalue weighted by molar-refractivity contribution is 7.99. The Kier molecular flexibility index (Phi) is 5.59. The molecule has 0 spiro atoms.